The fourth-order valence-electron chi connectivity index (χ4n) is 2.14. The van der Waals surface area contributed by atoms with Crippen LogP contribution in [0.2, 0.25) is 0 Å². The minimum absolute atomic E-state index is 0. The standard InChI is InChI=1S/C19H32N4O.HI/c1-6-7-13-20-18(21-14-17(24)23(4)5)22-15-19(2,3)16-11-9-8-10-12-16;/h8-12H,6-7,13-15H2,1-5H3,(H2,20,21,22);1H. The Labute approximate surface area is 169 Å². The first-order chi connectivity index (χ1) is 11.4. The number of likely N-dealkylation sites (N-methyl/N-ethyl adjacent to an activating group) is 1. The van der Waals surface area contributed by atoms with Gasteiger partial charge >= 0.3 is 0 Å². The van der Waals surface area contributed by atoms with Crippen LogP contribution in [0, 0.1) is 0 Å². The lowest BCUT2D eigenvalue weighted by Gasteiger charge is -2.27. The predicted octanol–water partition coefficient (Wildman–Crippen LogP) is 3.01. The van der Waals surface area contributed by atoms with Crippen molar-refractivity contribution in [3.63, 3.8) is 0 Å². The second kappa shape index (κ2) is 12.1. The maximum absolute atomic E-state index is 11.8. The van der Waals surface area contributed by atoms with Crippen LogP contribution in [0.5, 0.6) is 0 Å². The highest BCUT2D eigenvalue weighted by atomic mass is 127. The molecule has 1 aromatic rings. The van der Waals surface area contributed by atoms with Crippen LogP contribution in [0.1, 0.15) is 39.2 Å². The Morgan fingerprint density at radius 3 is 2.36 bits per heavy atom. The Morgan fingerprint density at radius 2 is 1.80 bits per heavy atom. The molecule has 0 aromatic heterocycles. The highest BCUT2D eigenvalue weighted by Gasteiger charge is 2.20. The lowest BCUT2D eigenvalue weighted by atomic mass is 9.85. The summed E-state index contributed by atoms with van der Waals surface area (Å²) in [5.41, 5.74) is 1.25. The number of hydrogen-bond acceptors (Lipinski definition) is 2. The van der Waals surface area contributed by atoms with Crippen LogP contribution in [-0.4, -0.2) is 50.5 Å². The normalized spacial score (nSPS) is 11.5. The molecule has 2 N–H and O–H groups in total. The Kier molecular flexibility index (Phi) is 11.5. The number of aliphatic imine (C=N–C) groups is 1. The van der Waals surface area contributed by atoms with E-state index in [0.717, 1.165) is 25.9 Å². The summed E-state index contributed by atoms with van der Waals surface area (Å²) in [6.45, 7) is 8.30. The molecule has 0 saturated carbocycles. The molecular weight excluding hydrogens is 427 g/mol. The molecule has 1 amide bonds. The number of amides is 1. The van der Waals surface area contributed by atoms with Crippen LogP contribution >= 0.6 is 24.0 Å². The maximum atomic E-state index is 11.8. The van der Waals surface area contributed by atoms with Crippen molar-refractivity contribution in [1.29, 1.82) is 0 Å². The van der Waals surface area contributed by atoms with Gasteiger partial charge in [-0.1, -0.05) is 57.5 Å². The first-order valence-electron chi connectivity index (χ1n) is 8.64. The summed E-state index contributed by atoms with van der Waals surface area (Å²) in [6, 6.07) is 10.4. The number of rotatable bonds is 8. The van der Waals surface area contributed by atoms with E-state index in [1.165, 1.54) is 5.56 Å². The highest BCUT2D eigenvalue weighted by Crippen LogP contribution is 2.21. The zero-order valence-electron chi connectivity index (χ0n) is 16.1. The molecule has 25 heavy (non-hydrogen) atoms. The summed E-state index contributed by atoms with van der Waals surface area (Å²) in [6.07, 6.45) is 2.19. The topological polar surface area (TPSA) is 56.7 Å². The van der Waals surface area contributed by atoms with E-state index in [2.05, 4.69) is 60.7 Å². The molecule has 1 rings (SSSR count). The summed E-state index contributed by atoms with van der Waals surface area (Å²) in [5, 5.41) is 6.69. The van der Waals surface area contributed by atoms with E-state index >= 15 is 0 Å². The van der Waals surface area contributed by atoms with Gasteiger partial charge in [-0.15, -0.1) is 24.0 Å². The largest absolute Gasteiger partial charge is 0.356 e. The molecule has 0 aliphatic heterocycles. The number of nitrogens with zero attached hydrogens (tertiary/aromatic N) is 2. The molecule has 5 nitrogen and oxygen atoms in total. The SMILES string of the molecule is CCCCNC(=NCC(=O)N(C)C)NCC(C)(C)c1ccccc1.I. The summed E-state index contributed by atoms with van der Waals surface area (Å²) in [7, 11) is 3.49. The number of halogens is 1. The molecule has 0 atom stereocenters. The Hall–Kier alpha value is -1.31. The van der Waals surface area contributed by atoms with E-state index in [0.29, 0.717) is 5.96 Å². The van der Waals surface area contributed by atoms with Crippen LogP contribution in [0.25, 0.3) is 0 Å². The third kappa shape index (κ3) is 9.09. The lowest BCUT2D eigenvalue weighted by Crippen LogP contribution is -2.44. The van der Waals surface area contributed by atoms with E-state index in [1.54, 1.807) is 19.0 Å². The van der Waals surface area contributed by atoms with Crippen LogP contribution in [-0.2, 0) is 10.2 Å². The van der Waals surface area contributed by atoms with Crippen molar-refractivity contribution in [3.05, 3.63) is 35.9 Å². The smallest absolute Gasteiger partial charge is 0.243 e. The van der Waals surface area contributed by atoms with Gasteiger partial charge in [-0.25, -0.2) is 4.99 Å². The fourth-order valence-corrected chi connectivity index (χ4v) is 2.14. The maximum Gasteiger partial charge on any atom is 0.243 e. The molecule has 0 radical (unpaired) electrons. The number of guanidine groups is 1. The molecule has 0 fully saturated rings. The minimum Gasteiger partial charge on any atom is -0.356 e. The van der Waals surface area contributed by atoms with E-state index in [9.17, 15) is 4.79 Å². The number of hydrogen-bond donors (Lipinski definition) is 2. The Bertz CT molecular complexity index is 529. The molecule has 1 aromatic carbocycles. The average molecular weight is 460 g/mol. The van der Waals surface area contributed by atoms with Gasteiger partial charge in [0.1, 0.15) is 6.54 Å². The Morgan fingerprint density at radius 1 is 1.16 bits per heavy atom. The highest BCUT2D eigenvalue weighted by molar-refractivity contribution is 14.0. The van der Waals surface area contributed by atoms with Crippen LogP contribution in [0.4, 0.5) is 0 Å². The van der Waals surface area contributed by atoms with Crippen LogP contribution < -0.4 is 10.6 Å². The summed E-state index contributed by atoms with van der Waals surface area (Å²) in [5.74, 6) is 0.691. The van der Waals surface area contributed by atoms with Crippen LogP contribution in [0.15, 0.2) is 35.3 Å². The van der Waals surface area contributed by atoms with Gasteiger partial charge in [-0.3, -0.25) is 4.79 Å². The monoisotopic (exact) mass is 460 g/mol. The number of carbonyl (C=O) groups is 1. The first-order valence-corrected chi connectivity index (χ1v) is 8.64. The summed E-state index contributed by atoms with van der Waals surface area (Å²) < 4.78 is 0. The Balaban J connectivity index is 0.00000576. The summed E-state index contributed by atoms with van der Waals surface area (Å²) in [4.78, 5) is 17.7. The molecule has 6 heteroatoms. The van der Waals surface area contributed by atoms with Gasteiger partial charge in [-0.05, 0) is 12.0 Å². The third-order valence-corrected chi connectivity index (χ3v) is 3.95. The minimum atomic E-state index is -0.0278. The van der Waals surface area contributed by atoms with Crippen molar-refractivity contribution in [2.45, 2.75) is 39.0 Å². The third-order valence-electron chi connectivity index (χ3n) is 3.95. The molecule has 0 bridgehead atoms. The van der Waals surface area contributed by atoms with Crippen LogP contribution in [0.3, 0.4) is 0 Å². The van der Waals surface area contributed by atoms with Gasteiger partial charge in [-0.2, -0.15) is 0 Å². The molecule has 0 spiro atoms. The number of benzene rings is 1. The molecule has 142 valence electrons. The molecule has 0 heterocycles. The van der Waals surface area contributed by atoms with Gasteiger partial charge in [0.15, 0.2) is 5.96 Å². The zero-order chi connectivity index (χ0) is 18.0. The van der Waals surface area contributed by atoms with Crippen molar-refractivity contribution in [2.24, 2.45) is 4.99 Å². The molecule has 0 unspecified atom stereocenters. The predicted molar refractivity (Wildman–Crippen MR) is 117 cm³/mol. The van der Waals surface area contributed by atoms with E-state index < -0.39 is 0 Å². The van der Waals surface area contributed by atoms with Gasteiger partial charge in [0.25, 0.3) is 0 Å². The van der Waals surface area contributed by atoms with Gasteiger partial charge < -0.3 is 15.5 Å². The van der Waals surface area contributed by atoms with E-state index in [4.69, 9.17) is 0 Å². The lowest BCUT2D eigenvalue weighted by molar-refractivity contribution is -0.127. The van der Waals surface area contributed by atoms with Crippen molar-refractivity contribution < 1.29 is 4.79 Å². The van der Waals surface area contributed by atoms with Crippen molar-refractivity contribution >= 4 is 35.8 Å². The van der Waals surface area contributed by atoms with Crippen molar-refractivity contribution in [2.75, 3.05) is 33.7 Å². The van der Waals surface area contributed by atoms with Gasteiger partial charge in [0, 0.05) is 32.6 Å². The first kappa shape index (κ1) is 23.7. The second-order valence-corrected chi connectivity index (χ2v) is 6.84. The molecule has 0 saturated heterocycles. The number of carbonyl (C=O) groups excluding carboxylic acids is 1. The quantitative estimate of drug-likeness (QED) is 0.272. The van der Waals surface area contributed by atoms with Gasteiger partial charge in [0.05, 0.1) is 0 Å². The number of nitrogens with one attached hydrogen (secondary N) is 2. The van der Waals surface area contributed by atoms with Crippen molar-refractivity contribution in [3.8, 4) is 0 Å². The summed E-state index contributed by atoms with van der Waals surface area (Å²) >= 11 is 0. The molecular formula is C19H33IN4O. The van der Waals surface area contributed by atoms with E-state index in [1.807, 2.05) is 6.07 Å². The second-order valence-electron chi connectivity index (χ2n) is 6.84. The molecule has 0 aliphatic carbocycles. The zero-order valence-corrected chi connectivity index (χ0v) is 18.5. The fraction of sp³-hybridized carbons (Fsp3) is 0.579. The average Bonchev–Trinajstić information content (AvgIpc) is 2.57. The van der Waals surface area contributed by atoms with Gasteiger partial charge in [0.2, 0.25) is 5.91 Å². The number of unbranched alkanes of at least 4 members (excludes halogenated alkanes) is 1. The van der Waals surface area contributed by atoms with Crippen molar-refractivity contribution in [1.82, 2.24) is 15.5 Å². The van der Waals surface area contributed by atoms with E-state index in [-0.39, 0.29) is 41.8 Å². The molecule has 0 aliphatic rings.